The second-order valence-corrected chi connectivity index (χ2v) is 8.33. The van der Waals surface area contributed by atoms with Gasteiger partial charge in [-0.3, -0.25) is 14.5 Å². The number of anilines is 1. The number of rotatable bonds is 6. The first-order valence-corrected chi connectivity index (χ1v) is 10.5. The molecule has 1 heterocycles. The lowest BCUT2D eigenvalue weighted by Crippen LogP contribution is -2.49. The second-order valence-electron chi connectivity index (χ2n) is 8.33. The molecule has 2 fully saturated rings. The average Bonchev–Trinajstić information content (AvgIpc) is 2.92. The monoisotopic (exact) mass is 415 g/mol. The number of ether oxygens (including phenoxy) is 1. The van der Waals surface area contributed by atoms with Crippen LogP contribution in [0.2, 0.25) is 0 Å². The molecule has 1 aliphatic carbocycles. The number of nitrogens with zero attached hydrogens (tertiary/aromatic N) is 1. The first-order valence-electron chi connectivity index (χ1n) is 10.5. The first kappa shape index (κ1) is 21.8. The van der Waals surface area contributed by atoms with Gasteiger partial charge < -0.3 is 15.4 Å². The predicted octanol–water partition coefficient (Wildman–Crippen LogP) is 3.08. The molecule has 1 aromatic rings. The van der Waals surface area contributed by atoms with Crippen molar-refractivity contribution in [3.8, 4) is 0 Å². The lowest BCUT2D eigenvalue weighted by Gasteiger charge is -2.34. The van der Waals surface area contributed by atoms with Gasteiger partial charge in [-0.1, -0.05) is 13.3 Å². The molecular formula is C22H29N3O5. The number of imide groups is 1. The van der Waals surface area contributed by atoms with Crippen molar-refractivity contribution < 1.29 is 23.9 Å². The summed E-state index contributed by atoms with van der Waals surface area (Å²) in [5.41, 5.74) is -0.0201. The zero-order chi connectivity index (χ0) is 21.9. The summed E-state index contributed by atoms with van der Waals surface area (Å²) in [4.78, 5) is 50.6. The third kappa shape index (κ3) is 4.63. The van der Waals surface area contributed by atoms with E-state index in [1.165, 1.54) is 0 Å². The molecule has 30 heavy (non-hydrogen) atoms. The molecule has 8 nitrogen and oxygen atoms in total. The summed E-state index contributed by atoms with van der Waals surface area (Å²) in [5, 5.41) is 5.48. The Hall–Kier alpha value is -2.90. The van der Waals surface area contributed by atoms with Crippen LogP contribution in [-0.2, 0) is 14.3 Å². The number of carbonyl (C=O) groups excluding carboxylic acids is 4. The van der Waals surface area contributed by atoms with Crippen molar-refractivity contribution in [3.63, 3.8) is 0 Å². The van der Waals surface area contributed by atoms with Gasteiger partial charge >= 0.3 is 12.0 Å². The maximum atomic E-state index is 12.9. The van der Waals surface area contributed by atoms with E-state index in [1.54, 1.807) is 38.1 Å². The fourth-order valence-corrected chi connectivity index (χ4v) is 4.05. The van der Waals surface area contributed by atoms with Crippen LogP contribution in [0.4, 0.5) is 10.5 Å². The molecule has 0 radical (unpaired) electrons. The van der Waals surface area contributed by atoms with Crippen molar-refractivity contribution in [1.82, 2.24) is 10.2 Å². The largest absolute Gasteiger partial charge is 0.459 e. The molecule has 0 aromatic heterocycles. The van der Waals surface area contributed by atoms with E-state index in [-0.39, 0.29) is 18.6 Å². The van der Waals surface area contributed by atoms with Gasteiger partial charge in [-0.05, 0) is 69.7 Å². The molecule has 162 valence electrons. The van der Waals surface area contributed by atoms with E-state index in [0.29, 0.717) is 30.0 Å². The van der Waals surface area contributed by atoms with Gasteiger partial charge in [0.25, 0.3) is 5.91 Å². The highest BCUT2D eigenvalue weighted by Crippen LogP contribution is 2.37. The predicted molar refractivity (Wildman–Crippen MR) is 111 cm³/mol. The Morgan fingerprint density at radius 2 is 1.83 bits per heavy atom. The van der Waals surface area contributed by atoms with Crippen LogP contribution in [0, 0.1) is 5.92 Å². The van der Waals surface area contributed by atoms with Gasteiger partial charge in [-0.15, -0.1) is 0 Å². The molecule has 0 unspecified atom stereocenters. The topological polar surface area (TPSA) is 105 Å². The van der Waals surface area contributed by atoms with E-state index < -0.39 is 23.4 Å². The number of benzene rings is 1. The highest BCUT2D eigenvalue weighted by molar-refractivity contribution is 6.10. The van der Waals surface area contributed by atoms with Crippen LogP contribution in [0.1, 0.15) is 63.2 Å². The Morgan fingerprint density at radius 1 is 1.20 bits per heavy atom. The SMILES string of the molecule is CCC1CCC2(CC1)NC(=O)N(CC(=O)Nc1ccc(C(=O)OC(C)C)cc1)C2=O. The molecule has 2 aliphatic rings. The van der Waals surface area contributed by atoms with Crippen molar-refractivity contribution in [1.29, 1.82) is 0 Å². The standard InChI is InChI=1S/C22H29N3O5/c1-4-15-9-11-22(12-10-15)20(28)25(21(29)24-22)13-18(26)23-17-7-5-16(6-8-17)19(27)30-14(2)3/h5-8,14-15H,4,9-13H2,1-3H3,(H,23,26)(H,24,29). The fourth-order valence-electron chi connectivity index (χ4n) is 4.05. The smallest absolute Gasteiger partial charge is 0.338 e. The van der Waals surface area contributed by atoms with Gasteiger partial charge in [0, 0.05) is 5.69 Å². The molecule has 0 atom stereocenters. The highest BCUT2D eigenvalue weighted by Gasteiger charge is 2.52. The van der Waals surface area contributed by atoms with Crippen molar-refractivity contribution in [3.05, 3.63) is 29.8 Å². The Morgan fingerprint density at radius 3 is 2.40 bits per heavy atom. The summed E-state index contributed by atoms with van der Waals surface area (Å²) < 4.78 is 5.12. The summed E-state index contributed by atoms with van der Waals surface area (Å²) in [6.07, 6.45) is 3.87. The molecule has 8 heteroatoms. The highest BCUT2D eigenvalue weighted by atomic mass is 16.5. The van der Waals surface area contributed by atoms with E-state index in [1.807, 2.05) is 0 Å². The summed E-state index contributed by atoms with van der Waals surface area (Å²) in [5.74, 6) is -0.650. The van der Waals surface area contributed by atoms with Crippen LogP contribution in [0.15, 0.2) is 24.3 Å². The number of nitrogens with one attached hydrogen (secondary N) is 2. The minimum absolute atomic E-state index is 0.221. The number of carbonyl (C=O) groups is 4. The number of amides is 4. The van der Waals surface area contributed by atoms with Gasteiger partial charge in [-0.25, -0.2) is 9.59 Å². The summed E-state index contributed by atoms with van der Waals surface area (Å²) >= 11 is 0. The third-order valence-corrected chi connectivity index (χ3v) is 5.83. The van der Waals surface area contributed by atoms with Crippen LogP contribution >= 0.6 is 0 Å². The Labute approximate surface area is 176 Å². The van der Waals surface area contributed by atoms with Gasteiger partial charge in [0.2, 0.25) is 5.91 Å². The molecular weight excluding hydrogens is 386 g/mol. The van der Waals surface area contributed by atoms with Crippen LogP contribution in [0.3, 0.4) is 0 Å². The van der Waals surface area contributed by atoms with E-state index in [9.17, 15) is 19.2 Å². The molecule has 0 bridgehead atoms. The summed E-state index contributed by atoms with van der Waals surface area (Å²) in [6.45, 7) is 5.32. The normalized spacial score (nSPS) is 23.6. The van der Waals surface area contributed by atoms with Crippen molar-refractivity contribution in [2.75, 3.05) is 11.9 Å². The quantitative estimate of drug-likeness (QED) is 0.549. The lowest BCUT2D eigenvalue weighted by molar-refractivity contribution is -0.135. The molecule has 4 amide bonds. The van der Waals surface area contributed by atoms with E-state index >= 15 is 0 Å². The van der Waals surface area contributed by atoms with Crippen LogP contribution in [0.25, 0.3) is 0 Å². The van der Waals surface area contributed by atoms with Crippen molar-refractivity contribution in [2.45, 2.75) is 64.5 Å². The Kier molecular flexibility index (Phi) is 6.43. The maximum absolute atomic E-state index is 12.9. The Bertz CT molecular complexity index is 826. The zero-order valence-electron chi connectivity index (χ0n) is 17.7. The van der Waals surface area contributed by atoms with Crippen LogP contribution in [-0.4, -0.2) is 46.9 Å². The zero-order valence-corrected chi connectivity index (χ0v) is 17.7. The van der Waals surface area contributed by atoms with Crippen LogP contribution in [0.5, 0.6) is 0 Å². The van der Waals surface area contributed by atoms with E-state index in [4.69, 9.17) is 4.74 Å². The van der Waals surface area contributed by atoms with Gasteiger partial charge in [-0.2, -0.15) is 0 Å². The third-order valence-electron chi connectivity index (χ3n) is 5.83. The lowest BCUT2D eigenvalue weighted by atomic mass is 9.75. The first-order chi connectivity index (χ1) is 14.2. The Balaban J connectivity index is 1.58. The van der Waals surface area contributed by atoms with E-state index in [2.05, 4.69) is 17.6 Å². The second kappa shape index (κ2) is 8.85. The summed E-state index contributed by atoms with van der Waals surface area (Å²) in [7, 11) is 0. The molecule has 1 aliphatic heterocycles. The van der Waals surface area contributed by atoms with Crippen molar-refractivity contribution in [2.24, 2.45) is 5.92 Å². The van der Waals surface area contributed by atoms with E-state index in [0.717, 1.165) is 24.2 Å². The molecule has 1 aromatic carbocycles. The number of hydrogen-bond donors (Lipinski definition) is 2. The molecule has 3 rings (SSSR count). The van der Waals surface area contributed by atoms with Gasteiger partial charge in [0.05, 0.1) is 11.7 Å². The molecule has 1 spiro atoms. The number of hydrogen-bond acceptors (Lipinski definition) is 5. The average molecular weight is 415 g/mol. The fraction of sp³-hybridized carbons (Fsp3) is 0.545. The minimum Gasteiger partial charge on any atom is -0.459 e. The van der Waals surface area contributed by atoms with Crippen LogP contribution < -0.4 is 10.6 Å². The number of esters is 1. The number of urea groups is 1. The van der Waals surface area contributed by atoms with Crippen molar-refractivity contribution >= 4 is 29.5 Å². The van der Waals surface area contributed by atoms with Gasteiger partial charge in [0.15, 0.2) is 0 Å². The molecule has 1 saturated heterocycles. The minimum atomic E-state index is -0.860. The van der Waals surface area contributed by atoms with Gasteiger partial charge in [0.1, 0.15) is 12.1 Å². The molecule has 2 N–H and O–H groups in total. The maximum Gasteiger partial charge on any atom is 0.338 e. The molecule has 1 saturated carbocycles. The summed E-state index contributed by atoms with van der Waals surface area (Å²) in [6, 6.07) is 5.74.